The first kappa shape index (κ1) is 14.7. The summed E-state index contributed by atoms with van der Waals surface area (Å²) in [6.45, 7) is 13.2. The molecule has 18 heavy (non-hydrogen) atoms. The number of nitrogens with zero attached hydrogens (tertiary/aromatic N) is 2. The molecule has 0 unspecified atom stereocenters. The van der Waals surface area contributed by atoms with Crippen LogP contribution in [0.3, 0.4) is 0 Å². The number of anilines is 1. The van der Waals surface area contributed by atoms with Gasteiger partial charge in [-0.05, 0) is 39.3 Å². The standard InChI is InChI=1S/C15H25N3/c1-6-10-18(15(3,4)5)12-8-9-14(17-11-12)13(16)7-2/h6,8-9,11,13H,1,7,10,16H2,2-5H3/t13-/m1/s1. The topological polar surface area (TPSA) is 42.1 Å². The SMILES string of the molecule is C=CCN(c1ccc([C@H](N)CC)nc1)C(C)(C)C. The molecule has 1 heterocycles. The third kappa shape index (κ3) is 3.57. The first-order valence-electron chi connectivity index (χ1n) is 6.50. The number of hydrogen-bond acceptors (Lipinski definition) is 3. The molecule has 1 atom stereocenters. The number of aromatic nitrogens is 1. The third-order valence-electron chi connectivity index (χ3n) is 3.02. The van der Waals surface area contributed by atoms with Gasteiger partial charge in [0, 0.05) is 18.1 Å². The molecule has 1 rings (SSSR count). The first-order chi connectivity index (χ1) is 8.40. The second-order valence-electron chi connectivity index (χ2n) is 5.53. The van der Waals surface area contributed by atoms with Gasteiger partial charge in [0.15, 0.2) is 0 Å². The summed E-state index contributed by atoms with van der Waals surface area (Å²) in [6.07, 6.45) is 4.72. The van der Waals surface area contributed by atoms with E-state index in [9.17, 15) is 0 Å². The van der Waals surface area contributed by atoms with Crippen molar-refractivity contribution < 1.29 is 0 Å². The second-order valence-corrected chi connectivity index (χ2v) is 5.53. The Morgan fingerprint density at radius 3 is 2.50 bits per heavy atom. The average Bonchev–Trinajstić information content (AvgIpc) is 2.34. The summed E-state index contributed by atoms with van der Waals surface area (Å²) in [4.78, 5) is 6.74. The van der Waals surface area contributed by atoms with Gasteiger partial charge in [0.05, 0.1) is 17.6 Å². The van der Waals surface area contributed by atoms with Crippen LogP contribution >= 0.6 is 0 Å². The summed E-state index contributed by atoms with van der Waals surface area (Å²) in [5.41, 5.74) is 8.08. The highest BCUT2D eigenvalue weighted by molar-refractivity contribution is 5.47. The van der Waals surface area contributed by atoms with Crippen molar-refractivity contribution in [2.45, 2.75) is 45.7 Å². The van der Waals surface area contributed by atoms with Gasteiger partial charge < -0.3 is 10.6 Å². The molecule has 0 aliphatic heterocycles. The maximum Gasteiger partial charge on any atom is 0.0572 e. The molecule has 0 saturated heterocycles. The van der Waals surface area contributed by atoms with Crippen molar-refractivity contribution in [2.24, 2.45) is 5.73 Å². The Kier molecular flexibility index (Phi) is 4.91. The van der Waals surface area contributed by atoms with Gasteiger partial charge in [-0.3, -0.25) is 4.98 Å². The summed E-state index contributed by atoms with van der Waals surface area (Å²) in [7, 11) is 0. The molecule has 2 N–H and O–H groups in total. The molecule has 0 aromatic carbocycles. The molecule has 0 bridgehead atoms. The molecule has 3 heteroatoms. The molecule has 0 aliphatic rings. The van der Waals surface area contributed by atoms with E-state index in [1.54, 1.807) is 0 Å². The lowest BCUT2D eigenvalue weighted by Crippen LogP contribution is -2.41. The number of pyridine rings is 1. The Morgan fingerprint density at radius 2 is 2.11 bits per heavy atom. The zero-order valence-electron chi connectivity index (χ0n) is 12.0. The molecular weight excluding hydrogens is 222 g/mol. The first-order valence-corrected chi connectivity index (χ1v) is 6.50. The van der Waals surface area contributed by atoms with Crippen LogP contribution in [0.5, 0.6) is 0 Å². The summed E-state index contributed by atoms with van der Waals surface area (Å²) in [6, 6.07) is 4.14. The van der Waals surface area contributed by atoms with Crippen LogP contribution in [-0.2, 0) is 0 Å². The molecule has 1 aromatic rings. The van der Waals surface area contributed by atoms with E-state index in [-0.39, 0.29) is 11.6 Å². The van der Waals surface area contributed by atoms with E-state index in [4.69, 9.17) is 5.73 Å². The van der Waals surface area contributed by atoms with E-state index >= 15 is 0 Å². The maximum atomic E-state index is 5.97. The minimum absolute atomic E-state index is 0.0292. The Bertz CT molecular complexity index is 376. The molecule has 0 aliphatic carbocycles. The zero-order chi connectivity index (χ0) is 13.8. The smallest absolute Gasteiger partial charge is 0.0572 e. The fourth-order valence-corrected chi connectivity index (χ4v) is 1.88. The Hall–Kier alpha value is -1.35. The fourth-order valence-electron chi connectivity index (χ4n) is 1.88. The molecule has 0 amide bonds. The van der Waals surface area contributed by atoms with Crippen LogP contribution in [-0.4, -0.2) is 17.1 Å². The van der Waals surface area contributed by atoms with Gasteiger partial charge in [-0.15, -0.1) is 6.58 Å². The van der Waals surface area contributed by atoms with Crippen LogP contribution < -0.4 is 10.6 Å². The minimum Gasteiger partial charge on any atom is -0.362 e. The number of nitrogens with two attached hydrogens (primary N) is 1. The lowest BCUT2D eigenvalue weighted by molar-refractivity contribution is 0.521. The number of rotatable bonds is 5. The van der Waals surface area contributed by atoms with E-state index in [0.717, 1.165) is 24.3 Å². The largest absolute Gasteiger partial charge is 0.362 e. The highest BCUT2D eigenvalue weighted by atomic mass is 15.2. The van der Waals surface area contributed by atoms with Crippen molar-refractivity contribution in [1.29, 1.82) is 0 Å². The van der Waals surface area contributed by atoms with Crippen LogP contribution in [0.25, 0.3) is 0 Å². The molecule has 0 fully saturated rings. The Morgan fingerprint density at radius 1 is 1.44 bits per heavy atom. The summed E-state index contributed by atoms with van der Waals surface area (Å²) >= 11 is 0. The average molecular weight is 247 g/mol. The fraction of sp³-hybridized carbons (Fsp3) is 0.533. The molecule has 0 saturated carbocycles. The predicted octanol–water partition coefficient (Wildman–Crippen LogP) is 3.28. The summed E-state index contributed by atoms with van der Waals surface area (Å²) in [5.74, 6) is 0. The van der Waals surface area contributed by atoms with Crippen LogP contribution in [0.4, 0.5) is 5.69 Å². The number of hydrogen-bond donors (Lipinski definition) is 1. The van der Waals surface area contributed by atoms with Crippen molar-refractivity contribution >= 4 is 5.69 Å². The van der Waals surface area contributed by atoms with E-state index < -0.39 is 0 Å². The normalized spacial score (nSPS) is 13.2. The molecule has 0 radical (unpaired) electrons. The van der Waals surface area contributed by atoms with E-state index in [2.05, 4.69) is 50.2 Å². The quantitative estimate of drug-likeness (QED) is 0.812. The maximum absolute atomic E-state index is 5.97. The zero-order valence-corrected chi connectivity index (χ0v) is 12.0. The lowest BCUT2D eigenvalue weighted by Gasteiger charge is -2.36. The molecule has 1 aromatic heterocycles. The van der Waals surface area contributed by atoms with Gasteiger partial charge in [-0.1, -0.05) is 13.0 Å². The van der Waals surface area contributed by atoms with Gasteiger partial charge >= 0.3 is 0 Å². The van der Waals surface area contributed by atoms with E-state index in [1.807, 2.05) is 18.3 Å². The highest BCUT2D eigenvalue weighted by Gasteiger charge is 2.20. The van der Waals surface area contributed by atoms with Crippen LogP contribution in [0.1, 0.15) is 45.9 Å². The second kappa shape index (κ2) is 6.01. The van der Waals surface area contributed by atoms with Crippen LogP contribution in [0.15, 0.2) is 31.0 Å². The van der Waals surface area contributed by atoms with Crippen LogP contribution in [0.2, 0.25) is 0 Å². The Balaban J connectivity index is 2.97. The van der Waals surface area contributed by atoms with Crippen molar-refractivity contribution in [3.05, 3.63) is 36.7 Å². The van der Waals surface area contributed by atoms with Crippen LogP contribution in [0, 0.1) is 0 Å². The Labute approximate surface area is 111 Å². The minimum atomic E-state index is 0.0292. The van der Waals surface area contributed by atoms with Gasteiger partial charge in [-0.25, -0.2) is 0 Å². The van der Waals surface area contributed by atoms with Crippen molar-refractivity contribution in [2.75, 3.05) is 11.4 Å². The molecular formula is C15H25N3. The van der Waals surface area contributed by atoms with Gasteiger partial charge in [0.1, 0.15) is 0 Å². The van der Waals surface area contributed by atoms with Crippen molar-refractivity contribution in [1.82, 2.24) is 4.98 Å². The van der Waals surface area contributed by atoms with Crippen molar-refractivity contribution in [3.8, 4) is 0 Å². The lowest BCUT2D eigenvalue weighted by atomic mass is 10.0. The van der Waals surface area contributed by atoms with E-state index in [1.165, 1.54) is 0 Å². The summed E-state index contributed by atoms with van der Waals surface area (Å²) < 4.78 is 0. The third-order valence-corrected chi connectivity index (χ3v) is 3.02. The molecule has 100 valence electrons. The monoisotopic (exact) mass is 247 g/mol. The van der Waals surface area contributed by atoms with Crippen molar-refractivity contribution in [3.63, 3.8) is 0 Å². The van der Waals surface area contributed by atoms with Gasteiger partial charge in [-0.2, -0.15) is 0 Å². The highest BCUT2D eigenvalue weighted by Crippen LogP contribution is 2.24. The molecule has 0 spiro atoms. The van der Waals surface area contributed by atoms with Gasteiger partial charge in [0.2, 0.25) is 0 Å². The van der Waals surface area contributed by atoms with E-state index in [0.29, 0.717) is 0 Å². The predicted molar refractivity (Wildman–Crippen MR) is 78.8 cm³/mol. The summed E-state index contributed by atoms with van der Waals surface area (Å²) in [5, 5.41) is 0. The molecule has 3 nitrogen and oxygen atoms in total. The van der Waals surface area contributed by atoms with Gasteiger partial charge in [0.25, 0.3) is 0 Å².